The zero-order chi connectivity index (χ0) is 18.8. The van der Waals surface area contributed by atoms with Crippen LogP contribution in [0.4, 0.5) is 5.82 Å². The van der Waals surface area contributed by atoms with E-state index in [1.54, 1.807) is 6.07 Å². The molecule has 2 aromatic rings. The molecule has 1 heterocycles. The van der Waals surface area contributed by atoms with E-state index in [9.17, 15) is 9.59 Å². The Bertz CT molecular complexity index is 777. The van der Waals surface area contributed by atoms with Crippen molar-refractivity contribution < 1.29 is 9.53 Å². The lowest BCUT2D eigenvalue weighted by molar-refractivity contribution is -0.111. The van der Waals surface area contributed by atoms with Gasteiger partial charge in [0.2, 0.25) is 5.91 Å². The molecule has 0 radical (unpaired) electrons. The van der Waals surface area contributed by atoms with Crippen LogP contribution in [-0.4, -0.2) is 22.3 Å². The second-order valence-electron chi connectivity index (χ2n) is 6.12. The van der Waals surface area contributed by atoms with E-state index in [4.69, 9.17) is 4.74 Å². The highest BCUT2D eigenvalue weighted by atomic mass is 16.5. The summed E-state index contributed by atoms with van der Waals surface area (Å²) in [6, 6.07) is 8.66. The van der Waals surface area contributed by atoms with Gasteiger partial charge in [-0.15, -0.1) is 0 Å². The first-order chi connectivity index (χ1) is 12.7. The van der Waals surface area contributed by atoms with Crippen molar-refractivity contribution in [1.82, 2.24) is 9.78 Å². The number of amides is 1. The lowest BCUT2D eigenvalue weighted by Crippen LogP contribution is -2.15. The summed E-state index contributed by atoms with van der Waals surface area (Å²) in [5.41, 5.74) is 0.336. The SMILES string of the molecule is C=CC(=O)Nc1cc(=O)n(-c2ccccc2OCCCCCCCC)[nH]1. The number of nitrogens with one attached hydrogen (secondary N) is 2. The molecule has 0 saturated heterocycles. The fourth-order valence-corrected chi connectivity index (χ4v) is 2.65. The molecule has 1 aromatic carbocycles. The van der Waals surface area contributed by atoms with Gasteiger partial charge >= 0.3 is 0 Å². The van der Waals surface area contributed by atoms with Crippen LogP contribution in [0.1, 0.15) is 45.4 Å². The number of rotatable bonds is 11. The fourth-order valence-electron chi connectivity index (χ4n) is 2.65. The molecule has 0 bridgehead atoms. The number of para-hydroxylation sites is 2. The summed E-state index contributed by atoms with van der Waals surface area (Å²) >= 11 is 0. The smallest absolute Gasteiger partial charge is 0.273 e. The predicted octanol–water partition coefficient (Wildman–Crippen LogP) is 4.03. The van der Waals surface area contributed by atoms with Gasteiger partial charge in [0.05, 0.1) is 6.61 Å². The van der Waals surface area contributed by atoms with E-state index in [-0.39, 0.29) is 11.5 Å². The van der Waals surface area contributed by atoms with E-state index in [1.807, 2.05) is 18.2 Å². The third kappa shape index (κ3) is 5.65. The van der Waals surface area contributed by atoms with Gasteiger partial charge in [-0.2, -0.15) is 0 Å². The Morgan fingerprint density at radius 2 is 1.96 bits per heavy atom. The highest BCUT2D eigenvalue weighted by Crippen LogP contribution is 2.21. The summed E-state index contributed by atoms with van der Waals surface area (Å²) in [6.07, 6.45) is 8.29. The zero-order valence-corrected chi connectivity index (χ0v) is 15.3. The number of hydrogen-bond donors (Lipinski definition) is 2. The maximum Gasteiger partial charge on any atom is 0.273 e. The maximum atomic E-state index is 12.2. The van der Waals surface area contributed by atoms with Crippen molar-refractivity contribution in [2.75, 3.05) is 11.9 Å². The number of nitrogens with zero attached hydrogens (tertiary/aromatic N) is 1. The molecule has 26 heavy (non-hydrogen) atoms. The molecule has 2 rings (SSSR count). The van der Waals surface area contributed by atoms with Crippen molar-refractivity contribution in [3.8, 4) is 11.4 Å². The van der Waals surface area contributed by atoms with Crippen LogP contribution >= 0.6 is 0 Å². The first kappa shape index (κ1) is 19.6. The molecule has 0 saturated carbocycles. The number of carbonyl (C=O) groups excluding carboxylic acids is 1. The number of carbonyl (C=O) groups is 1. The van der Waals surface area contributed by atoms with Gasteiger partial charge in [0, 0.05) is 6.07 Å². The number of aromatic nitrogens is 2. The molecule has 0 aliphatic rings. The Labute approximate surface area is 153 Å². The normalized spacial score (nSPS) is 10.5. The van der Waals surface area contributed by atoms with E-state index < -0.39 is 0 Å². The highest BCUT2D eigenvalue weighted by molar-refractivity contribution is 5.98. The highest BCUT2D eigenvalue weighted by Gasteiger charge is 2.11. The minimum Gasteiger partial charge on any atom is -0.491 e. The lowest BCUT2D eigenvalue weighted by Gasteiger charge is -2.11. The average molecular weight is 357 g/mol. The largest absolute Gasteiger partial charge is 0.491 e. The van der Waals surface area contributed by atoms with Gasteiger partial charge in [0.1, 0.15) is 17.3 Å². The van der Waals surface area contributed by atoms with Crippen LogP contribution < -0.4 is 15.6 Å². The number of H-pyrrole nitrogens is 1. The fraction of sp³-hybridized carbons (Fsp3) is 0.400. The first-order valence-corrected chi connectivity index (χ1v) is 9.13. The molecule has 0 atom stereocenters. The number of anilines is 1. The molecule has 0 aliphatic carbocycles. The third-order valence-corrected chi connectivity index (χ3v) is 4.03. The van der Waals surface area contributed by atoms with Crippen molar-refractivity contribution in [3.63, 3.8) is 0 Å². The molecule has 0 unspecified atom stereocenters. The molecule has 6 nitrogen and oxygen atoms in total. The van der Waals surface area contributed by atoms with Gasteiger partial charge in [-0.3, -0.25) is 14.7 Å². The van der Waals surface area contributed by atoms with Crippen LogP contribution in [0.15, 0.2) is 47.8 Å². The van der Waals surface area contributed by atoms with E-state index in [0.29, 0.717) is 23.9 Å². The first-order valence-electron chi connectivity index (χ1n) is 9.13. The molecule has 0 aliphatic heterocycles. The van der Waals surface area contributed by atoms with E-state index >= 15 is 0 Å². The Hall–Kier alpha value is -2.76. The van der Waals surface area contributed by atoms with Gasteiger partial charge in [0.15, 0.2) is 0 Å². The molecule has 0 fully saturated rings. The number of unbranched alkanes of at least 4 members (excludes halogenated alkanes) is 5. The van der Waals surface area contributed by atoms with Crippen molar-refractivity contribution in [2.45, 2.75) is 45.4 Å². The van der Waals surface area contributed by atoms with E-state index in [2.05, 4.69) is 23.9 Å². The lowest BCUT2D eigenvalue weighted by atomic mass is 10.1. The van der Waals surface area contributed by atoms with Crippen LogP contribution in [0.2, 0.25) is 0 Å². The quantitative estimate of drug-likeness (QED) is 0.471. The Kier molecular flexibility index (Phi) is 7.74. The van der Waals surface area contributed by atoms with Crippen LogP contribution in [0.3, 0.4) is 0 Å². The summed E-state index contributed by atoms with van der Waals surface area (Å²) in [5, 5.41) is 5.42. The van der Waals surface area contributed by atoms with Crippen molar-refractivity contribution in [3.05, 3.63) is 53.3 Å². The minimum atomic E-state index is -0.383. The number of ether oxygens (including phenoxy) is 1. The summed E-state index contributed by atoms with van der Waals surface area (Å²) < 4.78 is 7.24. The van der Waals surface area contributed by atoms with Crippen LogP contribution in [0.5, 0.6) is 5.75 Å². The van der Waals surface area contributed by atoms with Gasteiger partial charge < -0.3 is 10.1 Å². The van der Waals surface area contributed by atoms with E-state index in [0.717, 1.165) is 18.9 Å². The van der Waals surface area contributed by atoms with Crippen molar-refractivity contribution in [2.24, 2.45) is 0 Å². The van der Waals surface area contributed by atoms with Crippen LogP contribution in [0, 0.1) is 0 Å². The Morgan fingerprint density at radius 3 is 2.73 bits per heavy atom. The summed E-state index contributed by atoms with van der Waals surface area (Å²) in [6.45, 7) is 6.21. The molecule has 6 heteroatoms. The van der Waals surface area contributed by atoms with Crippen molar-refractivity contribution >= 4 is 11.7 Å². The number of aromatic amines is 1. The van der Waals surface area contributed by atoms with Gasteiger partial charge in [-0.1, -0.05) is 57.7 Å². The molecular weight excluding hydrogens is 330 g/mol. The molecule has 140 valence electrons. The average Bonchev–Trinajstić information content (AvgIpc) is 3.01. The van der Waals surface area contributed by atoms with Gasteiger partial charge in [-0.25, -0.2) is 4.68 Å². The van der Waals surface area contributed by atoms with E-state index in [1.165, 1.54) is 36.4 Å². The monoisotopic (exact) mass is 357 g/mol. The topological polar surface area (TPSA) is 76.1 Å². The summed E-state index contributed by atoms with van der Waals surface area (Å²) in [4.78, 5) is 23.6. The third-order valence-electron chi connectivity index (χ3n) is 4.03. The molecule has 0 spiro atoms. The summed E-state index contributed by atoms with van der Waals surface area (Å²) in [5.74, 6) is 0.559. The second-order valence-corrected chi connectivity index (χ2v) is 6.12. The molecular formula is C20H27N3O3. The Balaban J connectivity index is 2.01. The minimum absolute atomic E-state index is 0.278. The van der Waals surface area contributed by atoms with Gasteiger partial charge in [0.25, 0.3) is 5.56 Å². The Morgan fingerprint density at radius 1 is 1.23 bits per heavy atom. The van der Waals surface area contributed by atoms with Crippen molar-refractivity contribution in [1.29, 1.82) is 0 Å². The number of hydrogen-bond acceptors (Lipinski definition) is 3. The zero-order valence-electron chi connectivity index (χ0n) is 15.3. The summed E-state index contributed by atoms with van der Waals surface area (Å²) in [7, 11) is 0. The second kappa shape index (κ2) is 10.3. The maximum absolute atomic E-state index is 12.2. The van der Waals surface area contributed by atoms with Gasteiger partial charge in [-0.05, 0) is 24.6 Å². The molecule has 2 N–H and O–H groups in total. The predicted molar refractivity (Wildman–Crippen MR) is 104 cm³/mol. The van der Waals surface area contributed by atoms with Crippen LogP contribution in [-0.2, 0) is 4.79 Å². The molecule has 1 aromatic heterocycles. The number of benzene rings is 1. The van der Waals surface area contributed by atoms with Crippen LogP contribution in [0.25, 0.3) is 5.69 Å². The molecule has 1 amide bonds. The standard InChI is InChI=1S/C20H27N3O3/c1-3-5-6-7-8-11-14-26-17-13-10-9-12-16(17)23-20(25)15-18(22-23)21-19(24)4-2/h4,9-10,12-13,15,22H,2-3,5-8,11,14H2,1H3,(H,21,24).